The fourth-order valence-electron chi connectivity index (χ4n) is 1.99. The van der Waals surface area contributed by atoms with Gasteiger partial charge < -0.3 is 21.5 Å². The molecule has 0 radical (unpaired) electrons. The molecular formula is C10H15N5O3. The van der Waals surface area contributed by atoms with Crippen molar-refractivity contribution >= 4 is 17.8 Å². The Morgan fingerprint density at radius 2 is 2.28 bits per heavy atom. The molecule has 0 bridgehead atoms. The first-order valence-corrected chi connectivity index (χ1v) is 5.40. The largest absolute Gasteiger partial charge is 0.477 e. The molecule has 0 saturated carbocycles. The molecule has 0 aliphatic carbocycles. The molecule has 1 unspecified atom stereocenters. The lowest BCUT2D eigenvalue weighted by molar-refractivity contribution is -0.150. The minimum Gasteiger partial charge on any atom is -0.477 e. The molecular weight excluding hydrogens is 238 g/mol. The summed E-state index contributed by atoms with van der Waals surface area (Å²) in [4.78, 5) is 28.4. The highest BCUT2D eigenvalue weighted by Gasteiger charge is 2.53. The van der Waals surface area contributed by atoms with Crippen LogP contribution in [0.15, 0.2) is 17.3 Å². The normalized spacial score (nSPS) is 29.6. The molecule has 1 atom stereocenters. The number of carboxylic acids is 1. The van der Waals surface area contributed by atoms with Gasteiger partial charge in [-0.05, 0) is 19.9 Å². The van der Waals surface area contributed by atoms with Gasteiger partial charge in [0.15, 0.2) is 0 Å². The lowest BCUT2D eigenvalue weighted by atomic mass is 10.1. The number of hydrogen-bond acceptors (Lipinski definition) is 5. The standard InChI is InChI=1S/C10H15N5O3/c1-9(2)5-15(8(18)14-9)10(7(16)17)12-4-3-6(11)13-10/h3-4,12H,5H2,1-2H3,(H2,11,13)(H,14,18)(H,16,17). The molecule has 8 nitrogen and oxygen atoms in total. The van der Waals surface area contributed by atoms with Gasteiger partial charge in [0.1, 0.15) is 5.84 Å². The fraction of sp³-hybridized carbons (Fsp3) is 0.500. The van der Waals surface area contributed by atoms with Crippen LogP contribution in [-0.4, -0.2) is 45.7 Å². The van der Waals surface area contributed by atoms with Crippen molar-refractivity contribution in [3.8, 4) is 0 Å². The van der Waals surface area contributed by atoms with Crippen LogP contribution in [0, 0.1) is 0 Å². The Hall–Kier alpha value is -2.25. The summed E-state index contributed by atoms with van der Waals surface area (Å²) < 4.78 is 0. The van der Waals surface area contributed by atoms with Gasteiger partial charge in [-0.3, -0.25) is 4.90 Å². The van der Waals surface area contributed by atoms with Crippen LogP contribution in [0.2, 0.25) is 0 Å². The van der Waals surface area contributed by atoms with Gasteiger partial charge in [-0.15, -0.1) is 0 Å². The van der Waals surface area contributed by atoms with Crippen molar-refractivity contribution < 1.29 is 14.7 Å². The summed E-state index contributed by atoms with van der Waals surface area (Å²) in [6.45, 7) is 3.80. The van der Waals surface area contributed by atoms with Crippen LogP contribution in [0.1, 0.15) is 13.8 Å². The average molecular weight is 253 g/mol. The minimum absolute atomic E-state index is 0.0497. The first kappa shape index (κ1) is 12.2. The number of hydrogen-bond donors (Lipinski definition) is 4. The van der Waals surface area contributed by atoms with Gasteiger partial charge in [-0.2, -0.15) is 0 Å². The number of nitrogens with zero attached hydrogens (tertiary/aromatic N) is 2. The molecule has 1 saturated heterocycles. The third-order valence-corrected chi connectivity index (χ3v) is 2.76. The second kappa shape index (κ2) is 3.62. The number of carbonyl (C=O) groups excluding carboxylic acids is 1. The molecule has 18 heavy (non-hydrogen) atoms. The summed E-state index contributed by atoms with van der Waals surface area (Å²) >= 11 is 0. The highest BCUT2D eigenvalue weighted by molar-refractivity contribution is 5.97. The Morgan fingerprint density at radius 3 is 2.72 bits per heavy atom. The minimum atomic E-state index is -1.88. The Kier molecular flexibility index (Phi) is 2.46. The molecule has 98 valence electrons. The van der Waals surface area contributed by atoms with Crippen LogP contribution in [0.3, 0.4) is 0 Å². The van der Waals surface area contributed by atoms with Crippen molar-refractivity contribution in [2.45, 2.75) is 25.2 Å². The maximum absolute atomic E-state index is 11.9. The predicted octanol–water partition coefficient (Wildman–Crippen LogP) is -0.997. The van der Waals surface area contributed by atoms with Crippen molar-refractivity contribution in [1.29, 1.82) is 0 Å². The van der Waals surface area contributed by atoms with Crippen molar-refractivity contribution in [2.75, 3.05) is 6.54 Å². The summed E-state index contributed by atoms with van der Waals surface area (Å²) in [6.07, 6.45) is 2.80. The molecule has 1 fully saturated rings. The number of rotatable bonds is 2. The molecule has 0 spiro atoms. The van der Waals surface area contributed by atoms with Crippen LogP contribution in [0.5, 0.6) is 0 Å². The van der Waals surface area contributed by atoms with Gasteiger partial charge in [-0.25, -0.2) is 14.6 Å². The summed E-state index contributed by atoms with van der Waals surface area (Å²) in [6, 6.07) is -0.498. The Bertz CT molecular complexity index is 470. The van der Waals surface area contributed by atoms with Gasteiger partial charge in [-0.1, -0.05) is 0 Å². The van der Waals surface area contributed by atoms with Gasteiger partial charge in [0.25, 0.3) is 0 Å². The molecule has 2 amide bonds. The van der Waals surface area contributed by atoms with E-state index >= 15 is 0 Å². The molecule has 2 heterocycles. The lowest BCUT2D eigenvalue weighted by Gasteiger charge is -2.35. The smallest absolute Gasteiger partial charge is 0.375 e. The Labute approximate surface area is 104 Å². The monoisotopic (exact) mass is 253 g/mol. The number of aliphatic imine (C=N–C) groups is 1. The van der Waals surface area contributed by atoms with Crippen molar-refractivity contribution in [1.82, 2.24) is 15.5 Å². The second-order valence-electron chi connectivity index (χ2n) is 4.89. The quantitative estimate of drug-likeness (QED) is 0.503. The second-order valence-corrected chi connectivity index (χ2v) is 4.89. The van der Waals surface area contributed by atoms with Crippen molar-refractivity contribution in [2.24, 2.45) is 10.7 Å². The average Bonchev–Trinajstić information content (AvgIpc) is 2.52. The molecule has 2 rings (SSSR count). The number of nitrogens with two attached hydrogens (primary N) is 1. The van der Waals surface area contributed by atoms with E-state index in [1.165, 1.54) is 12.3 Å². The van der Waals surface area contributed by atoms with Gasteiger partial charge >= 0.3 is 17.8 Å². The Morgan fingerprint density at radius 1 is 1.61 bits per heavy atom. The van der Waals surface area contributed by atoms with E-state index in [1.54, 1.807) is 13.8 Å². The third-order valence-electron chi connectivity index (χ3n) is 2.76. The number of urea groups is 1. The van der Waals surface area contributed by atoms with E-state index in [2.05, 4.69) is 15.6 Å². The van der Waals surface area contributed by atoms with E-state index in [0.717, 1.165) is 4.90 Å². The summed E-state index contributed by atoms with van der Waals surface area (Å²) in [5, 5.41) is 14.6. The number of amidine groups is 1. The van der Waals surface area contributed by atoms with Crippen molar-refractivity contribution in [3.63, 3.8) is 0 Å². The van der Waals surface area contributed by atoms with E-state index < -0.39 is 23.3 Å². The molecule has 0 aromatic carbocycles. The van der Waals surface area contributed by atoms with Crippen LogP contribution >= 0.6 is 0 Å². The summed E-state index contributed by atoms with van der Waals surface area (Å²) in [5.74, 6) is -3.12. The highest BCUT2D eigenvalue weighted by atomic mass is 16.4. The third kappa shape index (κ3) is 1.75. The maximum atomic E-state index is 11.9. The zero-order chi connectivity index (χ0) is 13.6. The fourth-order valence-corrected chi connectivity index (χ4v) is 1.99. The van der Waals surface area contributed by atoms with Crippen LogP contribution in [0.4, 0.5) is 4.79 Å². The van der Waals surface area contributed by atoms with E-state index in [-0.39, 0.29) is 12.4 Å². The maximum Gasteiger partial charge on any atom is 0.375 e. The van der Waals surface area contributed by atoms with Crippen molar-refractivity contribution in [3.05, 3.63) is 12.3 Å². The number of carboxylic acid groups (broad SMARTS) is 1. The van der Waals surface area contributed by atoms with E-state index in [0.29, 0.717) is 0 Å². The molecule has 2 aliphatic heterocycles. The molecule has 0 aromatic rings. The summed E-state index contributed by atoms with van der Waals surface area (Å²) in [5.41, 5.74) is 5.01. The molecule has 8 heteroatoms. The SMILES string of the molecule is CC1(C)CN(C2(C(=O)O)N=C(N)C=CN2)C(=O)N1. The number of nitrogens with one attached hydrogen (secondary N) is 2. The lowest BCUT2D eigenvalue weighted by Crippen LogP contribution is -2.64. The van der Waals surface area contributed by atoms with Gasteiger partial charge in [0.2, 0.25) is 0 Å². The van der Waals surface area contributed by atoms with Crippen LogP contribution in [0.25, 0.3) is 0 Å². The molecule has 5 N–H and O–H groups in total. The van der Waals surface area contributed by atoms with Gasteiger partial charge in [0, 0.05) is 12.7 Å². The number of aliphatic carboxylic acids is 1. The topological polar surface area (TPSA) is 120 Å². The number of amides is 2. The first-order valence-electron chi connectivity index (χ1n) is 5.40. The van der Waals surface area contributed by atoms with Gasteiger partial charge in [0.05, 0.1) is 5.54 Å². The van der Waals surface area contributed by atoms with E-state index in [9.17, 15) is 14.7 Å². The zero-order valence-corrected chi connectivity index (χ0v) is 10.1. The zero-order valence-electron chi connectivity index (χ0n) is 10.1. The molecule has 2 aliphatic rings. The first-order chi connectivity index (χ1) is 8.27. The van der Waals surface area contributed by atoms with E-state index in [4.69, 9.17) is 5.73 Å². The summed E-state index contributed by atoms with van der Waals surface area (Å²) in [7, 11) is 0. The van der Waals surface area contributed by atoms with Crippen LogP contribution < -0.4 is 16.4 Å². The van der Waals surface area contributed by atoms with Crippen LogP contribution in [-0.2, 0) is 4.79 Å². The highest BCUT2D eigenvalue weighted by Crippen LogP contribution is 2.25. The number of carbonyl (C=O) groups is 2. The Balaban J connectivity index is 2.42. The molecule has 0 aromatic heterocycles. The van der Waals surface area contributed by atoms with E-state index in [1.807, 2.05) is 0 Å². The predicted molar refractivity (Wildman–Crippen MR) is 63.6 cm³/mol.